The normalized spacial score (nSPS) is 15.8. The lowest BCUT2D eigenvalue weighted by Crippen LogP contribution is -2.34. The average molecular weight is 352 g/mol. The van der Waals surface area contributed by atoms with Gasteiger partial charge in [0.25, 0.3) is 0 Å². The Hall–Kier alpha value is -2.08. The highest BCUT2D eigenvalue weighted by atomic mass is 35.5. The predicted molar refractivity (Wildman–Crippen MR) is 91.6 cm³/mol. The standard InChI is InChI=1S/C17H22ClN3O3/c1-3-14(12-6-4-7-13(18)10-12)19-15(22)8-5-9-21-16(23)11-20(2)17(21)24/h4,6-7,10,14H,3,5,8-9,11H2,1-2H3,(H,19,22). The van der Waals surface area contributed by atoms with Gasteiger partial charge in [0.05, 0.1) is 6.04 Å². The number of amides is 4. The Morgan fingerprint density at radius 1 is 1.38 bits per heavy atom. The first-order chi connectivity index (χ1) is 11.4. The first kappa shape index (κ1) is 18.3. The van der Waals surface area contributed by atoms with Crippen molar-refractivity contribution in [2.45, 2.75) is 32.2 Å². The largest absolute Gasteiger partial charge is 0.349 e. The van der Waals surface area contributed by atoms with Crippen molar-refractivity contribution in [2.75, 3.05) is 20.1 Å². The van der Waals surface area contributed by atoms with Crippen LogP contribution in [-0.2, 0) is 9.59 Å². The number of likely N-dealkylation sites (N-methyl/N-ethyl adjacent to an activating group) is 1. The summed E-state index contributed by atoms with van der Waals surface area (Å²) in [4.78, 5) is 38.1. The minimum Gasteiger partial charge on any atom is -0.349 e. The van der Waals surface area contributed by atoms with Gasteiger partial charge in [0.15, 0.2) is 0 Å². The number of urea groups is 1. The van der Waals surface area contributed by atoms with E-state index in [1.54, 1.807) is 13.1 Å². The van der Waals surface area contributed by atoms with Crippen LogP contribution in [0.1, 0.15) is 37.8 Å². The van der Waals surface area contributed by atoms with Crippen LogP contribution in [0, 0.1) is 0 Å². The zero-order valence-corrected chi connectivity index (χ0v) is 14.7. The van der Waals surface area contributed by atoms with Crippen molar-refractivity contribution in [2.24, 2.45) is 0 Å². The monoisotopic (exact) mass is 351 g/mol. The molecule has 1 saturated heterocycles. The highest BCUT2D eigenvalue weighted by Crippen LogP contribution is 2.20. The summed E-state index contributed by atoms with van der Waals surface area (Å²) >= 11 is 5.99. The van der Waals surface area contributed by atoms with E-state index in [1.807, 2.05) is 25.1 Å². The highest BCUT2D eigenvalue weighted by Gasteiger charge is 2.32. The zero-order chi connectivity index (χ0) is 17.7. The lowest BCUT2D eigenvalue weighted by atomic mass is 10.0. The van der Waals surface area contributed by atoms with Crippen LogP contribution in [0.2, 0.25) is 5.02 Å². The van der Waals surface area contributed by atoms with Crippen LogP contribution in [0.3, 0.4) is 0 Å². The summed E-state index contributed by atoms with van der Waals surface area (Å²) < 4.78 is 0. The number of carbonyl (C=O) groups is 3. The molecule has 0 radical (unpaired) electrons. The van der Waals surface area contributed by atoms with E-state index in [9.17, 15) is 14.4 Å². The molecule has 1 N–H and O–H groups in total. The van der Waals surface area contributed by atoms with Crippen LogP contribution in [0.25, 0.3) is 0 Å². The fourth-order valence-electron chi connectivity index (χ4n) is 2.70. The molecular weight excluding hydrogens is 330 g/mol. The molecule has 1 fully saturated rings. The molecule has 1 aromatic carbocycles. The number of carbonyl (C=O) groups excluding carboxylic acids is 3. The van der Waals surface area contributed by atoms with Crippen molar-refractivity contribution in [3.8, 4) is 0 Å². The van der Waals surface area contributed by atoms with Gasteiger partial charge in [0.2, 0.25) is 11.8 Å². The molecule has 0 spiro atoms. The van der Waals surface area contributed by atoms with Gasteiger partial charge in [-0.1, -0.05) is 30.7 Å². The predicted octanol–water partition coefficient (Wildman–Crippen LogP) is 2.58. The summed E-state index contributed by atoms with van der Waals surface area (Å²) in [5, 5.41) is 3.61. The topological polar surface area (TPSA) is 69.7 Å². The lowest BCUT2D eigenvalue weighted by Gasteiger charge is -2.18. The van der Waals surface area contributed by atoms with Gasteiger partial charge >= 0.3 is 6.03 Å². The lowest BCUT2D eigenvalue weighted by molar-refractivity contribution is -0.126. The molecule has 0 aliphatic carbocycles. The molecule has 0 aromatic heterocycles. The number of nitrogens with zero attached hydrogens (tertiary/aromatic N) is 2. The van der Waals surface area contributed by atoms with Gasteiger partial charge < -0.3 is 10.2 Å². The molecule has 1 aliphatic rings. The molecule has 0 saturated carbocycles. The Morgan fingerprint density at radius 2 is 2.12 bits per heavy atom. The van der Waals surface area contributed by atoms with Gasteiger partial charge in [-0.05, 0) is 30.5 Å². The molecule has 0 bridgehead atoms. The number of benzene rings is 1. The maximum Gasteiger partial charge on any atom is 0.326 e. The van der Waals surface area contributed by atoms with Crippen LogP contribution < -0.4 is 5.32 Å². The Labute approximate surface area is 146 Å². The van der Waals surface area contributed by atoms with Crippen LogP contribution in [-0.4, -0.2) is 47.8 Å². The van der Waals surface area contributed by atoms with Gasteiger partial charge in [0.1, 0.15) is 6.54 Å². The smallest absolute Gasteiger partial charge is 0.326 e. The Bertz CT molecular complexity index is 635. The van der Waals surface area contributed by atoms with Gasteiger partial charge in [-0.15, -0.1) is 0 Å². The van der Waals surface area contributed by atoms with E-state index in [2.05, 4.69) is 5.32 Å². The van der Waals surface area contributed by atoms with Gasteiger partial charge in [-0.2, -0.15) is 0 Å². The van der Waals surface area contributed by atoms with Crippen molar-refractivity contribution < 1.29 is 14.4 Å². The molecular formula is C17H22ClN3O3. The van der Waals surface area contributed by atoms with E-state index in [4.69, 9.17) is 11.6 Å². The number of hydrogen-bond donors (Lipinski definition) is 1. The van der Waals surface area contributed by atoms with E-state index in [-0.39, 0.29) is 43.4 Å². The molecule has 1 unspecified atom stereocenters. The number of halogens is 1. The van der Waals surface area contributed by atoms with Crippen LogP contribution in [0.5, 0.6) is 0 Å². The average Bonchev–Trinajstić information content (AvgIpc) is 2.78. The molecule has 6 nitrogen and oxygen atoms in total. The second kappa shape index (κ2) is 8.15. The third-order valence-corrected chi connectivity index (χ3v) is 4.25. The van der Waals surface area contributed by atoms with E-state index >= 15 is 0 Å². The van der Waals surface area contributed by atoms with Crippen molar-refractivity contribution in [3.63, 3.8) is 0 Å². The SMILES string of the molecule is CCC(NC(=O)CCCN1C(=O)CN(C)C1=O)c1cccc(Cl)c1. The summed E-state index contributed by atoms with van der Waals surface area (Å²) in [5.41, 5.74) is 0.963. The second-order valence-corrected chi connectivity index (χ2v) is 6.31. The number of hydrogen-bond acceptors (Lipinski definition) is 3. The molecule has 1 aliphatic heterocycles. The molecule has 24 heavy (non-hydrogen) atoms. The fourth-order valence-corrected chi connectivity index (χ4v) is 2.90. The van der Waals surface area contributed by atoms with Crippen molar-refractivity contribution in [3.05, 3.63) is 34.9 Å². The molecule has 1 atom stereocenters. The highest BCUT2D eigenvalue weighted by molar-refractivity contribution is 6.30. The van der Waals surface area contributed by atoms with Gasteiger partial charge in [-0.25, -0.2) is 4.79 Å². The number of rotatable bonds is 7. The molecule has 2 rings (SSSR count). The zero-order valence-electron chi connectivity index (χ0n) is 13.9. The third-order valence-electron chi connectivity index (χ3n) is 4.01. The summed E-state index contributed by atoms with van der Waals surface area (Å²) in [6.07, 6.45) is 1.46. The maximum atomic E-state index is 12.1. The molecule has 1 aromatic rings. The summed E-state index contributed by atoms with van der Waals surface area (Å²) in [6.45, 7) is 2.37. The van der Waals surface area contributed by atoms with Crippen LogP contribution in [0.15, 0.2) is 24.3 Å². The number of nitrogens with one attached hydrogen (secondary N) is 1. The quantitative estimate of drug-likeness (QED) is 0.767. The molecule has 130 valence electrons. The van der Waals surface area contributed by atoms with E-state index < -0.39 is 0 Å². The minimum absolute atomic E-state index is 0.0996. The maximum absolute atomic E-state index is 12.1. The molecule has 1 heterocycles. The molecule has 4 amide bonds. The minimum atomic E-state index is -0.300. The summed E-state index contributed by atoms with van der Waals surface area (Å²) in [5.74, 6) is -0.317. The van der Waals surface area contributed by atoms with E-state index in [0.717, 1.165) is 12.0 Å². The fraction of sp³-hybridized carbons (Fsp3) is 0.471. The van der Waals surface area contributed by atoms with Crippen LogP contribution in [0.4, 0.5) is 4.79 Å². The second-order valence-electron chi connectivity index (χ2n) is 5.87. The first-order valence-corrected chi connectivity index (χ1v) is 8.40. The Kier molecular flexibility index (Phi) is 6.20. The van der Waals surface area contributed by atoms with E-state index in [0.29, 0.717) is 11.4 Å². The summed E-state index contributed by atoms with van der Waals surface area (Å²) in [7, 11) is 1.59. The van der Waals surface area contributed by atoms with Crippen LogP contribution >= 0.6 is 11.6 Å². The Morgan fingerprint density at radius 3 is 2.71 bits per heavy atom. The van der Waals surface area contributed by atoms with E-state index in [1.165, 1.54) is 9.80 Å². The molecule has 7 heteroatoms. The summed E-state index contributed by atoms with van der Waals surface area (Å²) in [6, 6.07) is 7.02. The van der Waals surface area contributed by atoms with Gasteiger partial charge in [-0.3, -0.25) is 14.5 Å². The van der Waals surface area contributed by atoms with Gasteiger partial charge in [0, 0.05) is 25.0 Å². The number of imide groups is 1. The Balaban J connectivity index is 1.82. The van der Waals surface area contributed by atoms with Crippen molar-refractivity contribution in [1.82, 2.24) is 15.1 Å². The van der Waals surface area contributed by atoms with Crippen molar-refractivity contribution in [1.29, 1.82) is 0 Å². The van der Waals surface area contributed by atoms with Crippen molar-refractivity contribution >= 4 is 29.4 Å². The first-order valence-electron chi connectivity index (χ1n) is 8.02. The third kappa shape index (κ3) is 4.47.